The second-order valence-corrected chi connectivity index (χ2v) is 5.25. The topological polar surface area (TPSA) is 34.1 Å². The summed E-state index contributed by atoms with van der Waals surface area (Å²) in [6.07, 6.45) is 1.60. The van der Waals surface area contributed by atoms with E-state index in [1.165, 1.54) is 6.07 Å². The van der Waals surface area contributed by atoms with Gasteiger partial charge in [0.15, 0.2) is 0 Å². The summed E-state index contributed by atoms with van der Waals surface area (Å²) in [7, 11) is 0. The molecule has 1 aromatic heterocycles. The maximum atomic E-state index is 12.3. The van der Waals surface area contributed by atoms with Crippen LogP contribution >= 0.6 is 31.9 Å². The third-order valence-electron chi connectivity index (χ3n) is 2.16. The maximum absolute atomic E-state index is 12.3. The SMILES string of the molecule is FC(F)Oc1ccccc1Nc1ncc(Br)cc1Br. The predicted molar refractivity (Wildman–Crippen MR) is 76.0 cm³/mol. The Kier molecular flexibility index (Phi) is 4.71. The van der Waals surface area contributed by atoms with Crippen LogP contribution in [0.1, 0.15) is 0 Å². The fraction of sp³-hybridized carbons (Fsp3) is 0.0833. The number of aromatic nitrogens is 1. The Hall–Kier alpha value is -1.21. The van der Waals surface area contributed by atoms with Crippen molar-refractivity contribution in [2.24, 2.45) is 0 Å². The van der Waals surface area contributed by atoms with Crippen LogP contribution in [0.25, 0.3) is 0 Å². The predicted octanol–water partition coefficient (Wildman–Crippen LogP) is 4.95. The van der Waals surface area contributed by atoms with Crippen molar-refractivity contribution in [2.45, 2.75) is 6.61 Å². The molecule has 2 rings (SSSR count). The Balaban J connectivity index is 2.27. The molecule has 100 valence electrons. The fourth-order valence-electron chi connectivity index (χ4n) is 1.40. The summed E-state index contributed by atoms with van der Waals surface area (Å²) in [5.74, 6) is 0.572. The van der Waals surface area contributed by atoms with Gasteiger partial charge in [0, 0.05) is 10.7 Å². The van der Waals surface area contributed by atoms with E-state index < -0.39 is 6.61 Å². The van der Waals surface area contributed by atoms with Gasteiger partial charge in [-0.05, 0) is 50.1 Å². The molecule has 19 heavy (non-hydrogen) atoms. The van der Waals surface area contributed by atoms with E-state index in [9.17, 15) is 8.78 Å². The van der Waals surface area contributed by atoms with Crippen molar-refractivity contribution in [1.29, 1.82) is 0 Å². The van der Waals surface area contributed by atoms with Crippen molar-refractivity contribution in [2.75, 3.05) is 5.32 Å². The highest BCUT2D eigenvalue weighted by Gasteiger charge is 2.11. The summed E-state index contributed by atoms with van der Waals surface area (Å²) < 4.78 is 30.5. The molecule has 0 spiro atoms. The number of ether oxygens (including phenoxy) is 1. The van der Waals surface area contributed by atoms with Crippen LogP contribution in [-0.2, 0) is 0 Å². The number of anilines is 2. The number of rotatable bonds is 4. The lowest BCUT2D eigenvalue weighted by atomic mass is 10.3. The van der Waals surface area contributed by atoms with Crippen LogP contribution in [0.5, 0.6) is 5.75 Å². The minimum Gasteiger partial charge on any atom is -0.433 e. The van der Waals surface area contributed by atoms with Crippen LogP contribution in [-0.4, -0.2) is 11.6 Å². The number of alkyl halides is 2. The number of nitrogens with zero attached hydrogens (tertiary/aromatic N) is 1. The van der Waals surface area contributed by atoms with Gasteiger partial charge in [-0.2, -0.15) is 8.78 Å². The van der Waals surface area contributed by atoms with Crippen molar-refractivity contribution in [3.05, 3.63) is 45.5 Å². The van der Waals surface area contributed by atoms with E-state index in [1.54, 1.807) is 30.5 Å². The van der Waals surface area contributed by atoms with Crippen LogP contribution < -0.4 is 10.1 Å². The summed E-state index contributed by atoms with van der Waals surface area (Å²) in [6, 6.07) is 8.22. The lowest BCUT2D eigenvalue weighted by Crippen LogP contribution is -2.05. The van der Waals surface area contributed by atoms with Gasteiger partial charge in [-0.25, -0.2) is 4.98 Å². The molecule has 0 aliphatic carbocycles. The molecule has 1 heterocycles. The molecule has 2 aromatic rings. The number of pyridine rings is 1. The lowest BCUT2D eigenvalue weighted by molar-refractivity contribution is -0.0493. The molecule has 0 radical (unpaired) electrons. The number of hydrogen-bond donors (Lipinski definition) is 1. The average Bonchev–Trinajstić information content (AvgIpc) is 2.34. The van der Waals surface area contributed by atoms with Crippen LogP contribution in [0.4, 0.5) is 20.3 Å². The molecular weight excluding hydrogens is 386 g/mol. The first kappa shape index (κ1) is 14.2. The first-order chi connectivity index (χ1) is 9.06. The van der Waals surface area contributed by atoms with Gasteiger partial charge in [0.1, 0.15) is 11.6 Å². The van der Waals surface area contributed by atoms with E-state index in [-0.39, 0.29) is 5.75 Å². The first-order valence-electron chi connectivity index (χ1n) is 5.18. The highest BCUT2D eigenvalue weighted by molar-refractivity contribution is 9.11. The zero-order chi connectivity index (χ0) is 13.8. The van der Waals surface area contributed by atoms with Gasteiger partial charge < -0.3 is 10.1 Å². The molecule has 0 aliphatic heterocycles. The second-order valence-electron chi connectivity index (χ2n) is 3.48. The Morgan fingerprint density at radius 1 is 1.21 bits per heavy atom. The summed E-state index contributed by atoms with van der Waals surface area (Å²) in [6.45, 7) is -2.87. The highest BCUT2D eigenvalue weighted by atomic mass is 79.9. The summed E-state index contributed by atoms with van der Waals surface area (Å²) in [5.41, 5.74) is 0.415. The Labute approximate surface area is 125 Å². The smallest absolute Gasteiger partial charge is 0.387 e. The molecule has 0 atom stereocenters. The number of halogens is 4. The molecule has 0 bridgehead atoms. The van der Waals surface area contributed by atoms with Crippen molar-refractivity contribution in [3.8, 4) is 5.75 Å². The second kappa shape index (κ2) is 6.29. The quantitative estimate of drug-likeness (QED) is 0.797. The van der Waals surface area contributed by atoms with E-state index in [1.807, 2.05) is 0 Å². The molecule has 1 N–H and O–H groups in total. The highest BCUT2D eigenvalue weighted by Crippen LogP contribution is 2.31. The van der Waals surface area contributed by atoms with Gasteiger partial charge in [0.05, 0.1) is 10.2 Å². The average molecular weight is 394 g/mol. The molecule has 0 amide bonds. The van der Waals surface area contributed by atoms with E-state index in [0.29, 0.717) is 16.0 Å². The van der Waals surface area contributed by atoms with Gasteiger partial charge >= 0.3 is 6.61 Å². The van der Waals surface area contributed by atoms with Crippen LogP contribution in [0.3, 0.4) is 0 Å². The number of hydrogen-bond acceptors (Lipinski definition) is 3. The van der Waals surface area contributed by atoms with E-state index in [2.05, 4.69) is 46.9 Å². The van der Waals surface area contributed by atoms with E-state index in [0.717, 1.165) is 4.47 Å². The third-order valence-corrected chi connectivity index (χ3v) is 3.20. The number of nitrogens with one attached hydrogen (secondary N) is 1. The van der Waals surface area contributed by atoms with Crippen LogP contribution in [0, 0.1) is 0 Å². The Morgan fingerprint density at radius 3 is 2.63 bits per heavy atom. The fourth-order valence-corrected chi connectivity index (χ4v) is 2.49. The Bertz CT molecular complexity index is 581. The van der Waals surface area contributed by atoms with E-state index >= 15 is 0 Å². The summed E-state index contributed by atoms with van der Waals surface area (Å²) >= 11 is 6.62. The van der Waals surface area contributed by atoms with Gasteiger partial charge in [-0.3, -0.25) is 0 Å². The molecule has 0 saturated carbocycles. The normalized spacial score (nSPS) is 10.6. The van der Waals surface area contributed by atoms with Crippen LogP contribution in [0.2, 0.25) is 0 Å². The first-order valence-corrected chi connectivity index (χ1v) is 6.77. The molecule has 0 aliphatic rings. The monoisotopic (exact) mass is 392 g/mol. The molecule has 7 heteroatoms. The van der Waals surface area contributed by atoms with Gasteiger partial charge in [0.2, 0.25) is 0 Å². The minimum absolute atomic E-state index is 0.0640. The minimum atomic E-state index is -2.87. The molecule has 3 nitrogen and oxygen atoms in total. The molecule has 0 fully saturated rings. The summed E-state index contributed by atoms with van der Waals surface area (Å²) in [4.78, 5) is 4.15. The van der Waals surface area contributed by atoms with Crippen molar-refractivity contribution < 1.29 is 13.5 Å². The molecular formula is C12H8Br2F2N2O. The van der Waals surface area contributed by atoms with Crippen molar-refractivity contribution in [1.82, 2.24) is 4.98 Å². The zero-order valence-electron chi connectivity index (χ0n) is 9.41. The van der Waals surface area contributed by atoms with Crippen LogP contribution in [0.15, 0.2) is 45.5 Å². The summed E-state index contributed by atoms with van der Waals surface area (Å²) in [5, 5.41) is 2.94. The van der Waals surface area contributed by atoms with Crippen molar-refractivity contribution in [3.63, 3.8) is 0 Å². The van der Waals surface area contributed by atoms with Gasteiger partial charge in [-0.1, -0.05) is 12.1 Å². The van der Waals surface area contributed by atoms with Gasteiger partial charge in [-0.15, -0.1) is 0 Å². The lowest BCUT2D eigenvalue weighted by Gasteiger charge is -2.12. The van der Waals surface area contributed by atoms with E-state index in [4.69, 9.17) is 0 Å². The zero-order valence-corrected chi connectivity index (χ0v) is 12.6. The third kappa shape index (κ3) is 3.87. The molecule has 1 aromatic carbocycles. The number of para-hydroxylation sites is 2. The van der Waals surface area contributed by atoms with Crippen molar-refractivity contribution >= 4 is 43.4 Å². The molecule has 0 saturated heterocycles. The largest absolute Gasteiger partial charge is 0.433 e. The molecule has 0 unspecified atom stereocenters. The number of benzene rings is 1. The standard InChI is InChI=1S/C12H8Br2F2N2O/c13-7-5-8(14)11(17-6-7)18-9-3-1-2-4-10(9)19-12(15)16/h1-6,12H,(H,17,18). The van der Waals surface area contributed by atoms with Gasteiger partial charge in [0.25, 0.3) is 0 Å². The maximum Gasteiger partial charge on any atom is 0.387 e. The Morgan fingerprint density at radius 2 is 1.95 bits per heavy atom.